The fraction of sp³-hybridized carbons (Fsp3) is 1.00. The maximum Gasteiger partial charge on any atom is 0.101 e. The molecule has 0 bridgehead atoms. The van der Waals surface area contributed by atoms with Crippen LogP contribution in [0.2, 0.25) is 0 Å². The first kappa shape index (κ1) is 11.9. The summed E-state index contributed by atoms with van der Waals surface area (Å²) < 4.78 is 15.5. The van der Waals surface area contributed by atoms with Crippen molar-refractivity contribution in [3.05, 3.63) is 0 Å². The van der Waals surface area contributed by atoms with Crippen molar-refractivity contribution in [1.82, 2.24) is 5.32 Å². The van der Waals surface area contributed by atoms with Gasteiger partial charge in [-0.05, 0) is 0 Å². The van der Waals surface area contributed by atoms with Gasteiger partial charge in [0.1, 0.15) is 6.10 Å². The largest absolute Gasteiger partial charge is 0.388 e. The quantitative estimate of drug-likeness (QED) is 0.582. The number of nitrogens with one attached hydrogen (secondary N) is 1. The fourth-order valence-corrected chi connectivity index (χ4v) is 1.30. The number of hydrogen-bond acceptors (Lipinski definition) is 5. The SMILES string of the molecule is COCC(O)COCC1CNCCO1. The van der Waals surface area contributed by atoms with Gasteiger partial charge >= 0.3 is 0 Å². The summed E-state index contributed by atoms with van der Waals surface area (Å²) in [6, 6.07) is 0. The Morgan fingerprint density at radius 1 is 1.57 bits per heavy atom. The first-order valence-corrected chi connectivity index (χ1v) is 4.90. The third-order valence-electron chi connectivity index (χ3n) is 1.98. The van der Waals surface area contributed by atoms with E-state index in [9.17, 15) is 5.11 Å². The number of aliphatic hydroxyl groups excluding tert-OH is 1. The van der Waals surface area contributed by atoms with Crippen LogP contribution < -0.4 is 5.32 Å². The van der Waals surface area contributed by atoms with Crippen molar-refractivity contribution in [2.75, 3.05) is 46.6 Å². The van der Waals surface area contributed by atoms with Crippen LogP contribution in [0.3, 0.4) is 0 Å². The molecule has 0 spiro atoms. The molecule has 14 heavy (non-hydrogen) atoms. The Morgan fingerprint density at radius 2 is 2.43 bits per heavy atom. The molecular formula is C9H19NO4. The monoisotopic (exact) mass is 205 g/mol. The van der Waals surface area contributed by atoms with Gasteiger partial charge in [-0.3, -0.25) is 0 Å². The number of rotatable bonds is 6. The maximum absolute atomic E-state index is 9.27. The van der Waals surface area contributed by atoms with Crippen molar-refractivity contribution in [2.24, 2.45) is 0 Å². The topological polar surface area (TPSA) is 60.0 Å². The van der Waals surface area contributed by atoms with Gasteiger partial charge in [0.05, 0.1) is 32.5 Å². The zero-order valence-electron chi connectivity index (χ0n) is 8.57. The number of methoxy groups -OCH3 is 1. The lowest BCUT2D eigenvalue weighted by molar-refractivity contribution is -0.0600. The van der Waals surface area contributed by atoms with Crippen LogP contribution in [0.5, 0.6) is 0 Å². The second-order valence-corrected chi connectivity index (χ2v) is 3.34. The molecule has 0 aromatic carbocycles. The van der Waals surface area contributed by atoms with E-state index in [0.717, 1.165) is 19.7 Å². The fourth-order valence-electron chi connectivity index (χ4n) is 1.30. The minimum Gasteiger partial charge on any atom is -0.388 e. The molecule has 1 rings (SSSR count). The molecule has 1 saturated heterocycles. The highest BCUT2D eigenvalue weighted by molar-refractivity contribution is 4.66. The zero-order chi connectivity index (χ0) is 10.2. The van der Waals surface area contributed by atoms with Crippen molar-refractivity contribution >= 4 is 0 Å². The van der Waals surface area contributed by atoms with E-state index < -0.39 is 6.10 Å². The highest BCUT2D eigenvalue weighted by atomic mass is 16.5. The van der Waals surface area contributed by atoms with Crippen LogP contribution in [-0.4, -0.2) is 63.9 Å². The Kier molecular flexibility index (Phi) is 6.05. The van der Waals surface area contributed by atoms with Gasteiger partial charge in [-0.15, -0.1) is 0 Å². The Labute approximate surface area is 84.3 Å². The average molecular weight is 205 g/mol. The smallest absolute Gasteiger partial charge is 0.101 e. The van der Waals surface area contributed by atoms with E-state index in [1.165, 1.54) is 0 Å². The molecule has 1 heterocycles. The maximum atomic E-state index is 9.27. The Balaban J connectivity index is 1.96. The molecular weight excluding hydrogens is 186 g/mol. The Hall–Kier alpha value is -0.200. The van der Waals surface area contributed by atoms with Gasteiger partial charge in [-0.25, -0.2) is 0 Å². The minimum atomic E-state index is -0.545. The van der Waals surface area contributed by atoms with Gasteiger partial charge < -0.3 is 24.6 Å². The molecule has 84 valence electrons. The molecule has 5 nitrogen and oxygen atoms in total. The number of ether oxygens (including phenoxy) is 3. The van der Waals surface area contributed by atoms with Crippen molar-refractivity contribution in [3.63, 3.8) is 0 Å². The Morgan fingerprint density at radius 3 is 3.07 bits per heavy atom. The first-order chi connectivity index (χ1) is 6.83. The van der Waals surface area contributed by atoms with Gasteiger partial charge in [0.15, 0.2) is 0 Å². The highest BCUT2D eigenvalue weighted by Crippen LogP contribution is 1.97. The summed E-state index contributed by atoms with van der Waals surface area (Å²) >= 11 is 0. The standard InChI is InChI=1S/C9H19NO4/c1-12-5-8(11)6-13-7-9-4-10-2-3-14-9/h8-11H,2-7H2,1H3. The van der Waals surface area contributed by atoms with Gasteiger partial charge in [-0.1, -0.05) is 0 Å². The normalized spacial score (nSPS) is 24.9. The van der Waals surface area contributed by atoms with Gasteiger partial charge in [0, 0.05) is 20.2 Å². The lowest BCUT2D eigenvalue weighted by Gasteiger charge is -2.23. The van der Waals surface area contributed by atoms with E-state index >= 15 is 0 Å². The van der Waals surface area contributed by atoms with Crippen molar-refractivity contribution in [1.29, 1.82) is 0 Å². The van der Waals surface area contributed by atoms with Crippen molar-refractivity contribution in [2.45, 2.75) is 12.2 Å². The van der Waals surface area contributed by atoms with Gasteiger partial charge in [-0.2, -0.15) is 0 Å². The summed E-state index contributed by atoms with van der Waals surface area (Å²) in [5.41, 5.74) is 0. The Bertz CT molecular complexity index is 139. The van der Waals surface area contributed by atoms with Gasteiger partial charge in [0.2, 0.25) is 0 Å². The number of aliphatic hydroxyl groups is 1. The van der Waals surface area contributed by atoms with Crippen LogP contribution in [0.15, 0.2) is 0 Å². The molecule has 0 amide bonds. The van der Waals surface area contributed by atoms with Crippen LogP contribution >= 0.6 is 0 Å². The predicted molar refractivity (Wildman–Crippen MR) is 51.3 cm³/mol. The number of morpholine rings is 1. The van der Waals surface area contributed by atoms with Crippen LogP contribution in [-0.2, 0) is 14.2 Å². The molecule has 0 aromatic heterocycles. The lowest BCUT2D eigenvalue weighted by Crippen LogP contribution is -2.41. The van der Waals surface area contributed by atoms with Crippen molar-refractivity contribution < 1.29 is 19.3 Å². The minimum absolute atomic E-state index is 0.110. The predicted octanol–water partition coefficient (Wildman–Crippen LogP) is -1.00. The molecule has 2 atom stereocenters. The summed E-state index contributed by atoms with van der Waals surface area (Å²) in [5.74, 6) is 0. The van der Waals surface area contributed by atoms with Crippen LogP contribution in [0.25, 0.3) is 0 Å². The van der Waals surface area contributed by atoms with Crippen LogP contribution in [0.4, 0.5) is 0 Å². The lowest BCUT2D eigenvalue weighted by atomic mass is 10.3. The number of hydrogen-bond donors (Lipinski definition) is 2. The molecule has 0 aromatic rings. The van der Waals surface area contributed by atoms with E-state index in [2.05, 4.69) is 5.32 Å². The summed E-state index contributed by atoms with van der Waals surface area (Å²) in [7, 11) is 1.55. The van der Waals surface area contributed by atoms with Crippen LogP contribution in [0, 0.1) is 0 Å². The van der Waals surface area contributed by atoms with E-state index in [-0.39, 0.29) is 6.10 Å². The third-order valence-corrected chi connectivity index (χ3v) is 1.98. The van der Waals surface area contributed by atoms with E-state index in [1.807, 2.05) is 0 Å². The van der Waals surface area contributed by atoms with E-state index in [1.54, 1.807) is 7.11 Å². The summed E-state index contributed by atoms with van der Waals surface area (Å²) in [4.78, 5) is 0. The molecule has 5 heteroatoms. The molecule has 0 radical (unpaired) electrons. The van der Waals surface area contributed by atoms with Crippen molar-refractivity contribution in [3.8, 4) is 0 Å². The third kappa shape index (κ3) is 4.88. The van der Waals surface area contributed by atoms with E-state index in [0.29, 0.717) is 19.8 Å². The van der Waals surface area contributed by atoms with Gasteiger partial charge in [0.25, 0.3) is 0 Å². The molecule has 2 N–H and O–H groups in total. The second-order valence-electron chi connectivity index (χ2n) is 3.34. The van der Waals surface area contributed by atoms with E-state index in [4.69, 9.17) is 14.2 Å². The second kappa shape index (κ2) is 7.14. The van der Waals surface area contributed by atoms with Crippen LogP contribution in [0.1, 0.15) is 0 Å². The molecule has 1 fully saturated rings. The molecule has 0 aliphatic carbocycles. The summed E-state index contributed by atoms with van der Waals surface area (Å²) in [5, 5.41) is 12.5. The molecule has 1 aliphatic heterocycles. The highest BCUT2D eigenvalue weighted by Gasteiger charge is 2.13. The average Bonchev–Trinajstić information content (AvgIpc) is 2.20. The summed E-state index contributed by atoms with van der Waals surface area (Å²) in [6.45, 7) is 3.59. The zero-order valence-corrected chi connectivity index (χ0v) is 8.57. The summed E-state index contributed by atoms with van der Waals surface area (Å²) in [6.07, 6.45) is -0.435. The first-order valence-electron chi connectivity index (χ1n) is 4.90. The molecule has 2 unspecified atom stereocenters. The molecule has 1 aliphatic rings. The molecule has 0 saturated carbocycles.